The van der Waals surface area contributed by atoms with Gasteiger partial charge in [0.2, 0.25) is 5.91 Å². The maximum atomic E-state index is 14.0. The van der Waals surface area contributed by atoms with E-state index >= 15 is 0 Å². The molecule has 166 valence electrons. The van der Waals surface area contributed by atoms with E-state index in [1.54, 1.807) is 12.1 Å². The number of halogens is 2. The summed E-state index contributed by atoms with van der Waals surface area (Å²) in [5, 5.41) is 3.78. The van der Waals surface area contributed by atoms with Gasteiger partial charge >= 0.3 is 0 Å². The molecule has 1 aromatic carbocycles. The number of hydrogen-bond donors (Lipinski definition) is 1. The first-order valence-electron chi connectivity index (χ1n) is 11.0. The van der Waals surface area contributed by atoms with Gasteiger partial charge in [0, 0.05) is 62.9 Å². The van der Waals surface area contributed by atoms with Gasteiger partial charge in [-0.2, -0.15) is 0 Å². The van der Waals surface area contributed by atoms with Crippen molar-refractivity contribution in [3.63, 3.8) is 0 Å². The molecule has 0 aliphatic carbocycles. The van der Waals surface area contributed by atoms with Gasteiger partial charge in [-0.25, -0.2) is 4.39 Å². The average molecular weight is 438 g/mol. The lowest BCUT2D eigenvalue weighted by atomic mass is 10.1. The van der Waals surface area contributed by atoms with Gasteiger partial charge in [-0.3, -0.25) is 14.7 Å². The zero-order chi connectivity index (χ0) is 21.5. The number of carbonyl (C=O) groups is 1. The molecule has 0 saturated carbocycles. The Morgan fingerprint density at radius 3 is 2.50 bits per heavy atom. The number of aliphatic imine (C=N–C) groups is 1. The van der Waals surface area contributed by atoms with Crippen LogP contribution in [0.15, 0.2) is 23.2 Å². The zero-order valence-electron chi connectivity index (χ0n) is 18.0. The predicted molar refractivity (Wildman–Crippen MR) is 120 cm³/mol. The molecule has 1 N–H and O–H groups in total. The molecule has 0 spiro atoms. The van der Waals surface area contributed by atoms with Gasteiger partial charge in [-0.1, -0.05) is 17.7 Å². The minimum Gasteiger partial charge on any atom is -0.357 e. The maximum Gasteiger partial charge on any atom is 0.239 e. The van der Waals surface area contributed by atoms with Crippen LogP contribution >= 0.6 is 11.6 Å². The molecule has 2 fully saturated rings. The molecule has 0 radical (unpaired) electrons. The van der Waals surface area contributed by atoms with Crippen LogP contribution in [0.4, 0.5) is 4.39 Å². The number of nitrogens with zero attached hydrogens (tertiary/aromatic N) is 4. The molecule has 8 heteroatoms. The molecule has 1 unspecified atom stereocenters. The molecule has 1 amide bonds. The highest BCUT2D eigenvalue weighted by Crippen LogP contribution is 2.19. The van der Waals surface area contributed by atoms with E-state index in [0.717, 1.165) is 64.6 Å². The maximum absolute atomic E-state index is 14.0. The quantitative estimate of drug-likeness (QED) is 0.549. The van der Waals surface area contributed by atoms with Crippen LogP contribution in [0.3, 0.4) is 0 Å². The van der Waals surface area contributed by atoms with Crippen LogP contribution in [0, 0.1) is 5.82 Å². The molecule has 6 nitrogen and oxygen atoms in total. The largest absolute Gasteiger partial charge is 0.357 e. The fourth-order valence-corrected chi connectivity index (χ4v) is 4.41. The summed E-state index contributed by atoms with van der Waals surface area (Å²) in [6.07, 6.45) is 2.70. The van der Waals surface area contributed by atoms with E-state index in [4.69, 9.17) is 16.6 Å². The van der Waals surface area contributed by atoms with E-state index in [-0.39, 0.29) is 17.8 Å². The second-order valence-corrected chi connectivity index (χ2v) is 8.32. The van der Waals surface area contributed by atoms with Gasteiger partial charge in [0.25, 0.3) is 0 Å². The molecule has 30 heavy (non-hydrogen) atoms. The minimum atomic E-state index is -0.284. The number of benzene rings is 1. The highest BCUT2D eigenvalue weighted by Gasteiger charge is 2.30. The van der Waals surface area contributed by atoms with Crippen molar-refractivity contribution >= 4 is 23.5 Å². The average Bonchev–Trinajstić information content (AvgIpc) is 3.29. The topological polar surface area (TPSA) is 51.2 Å². The van der Waals surface area contributed by atoms with Crippen molar-refractivity contribution in [3.05, 3.63) is 34.6 Å². The van der Waals surface area contributed by atoms with Gasteiger partial charge in [0.05, 0.1) is 6.04 Å². The monoisotopic (exact) mass is 437 g/mol. The summed E-state index contributed by atoms with van der Waals surface area (Å²) < 4.78 is 14.0. The van der Waals surface area contributed by atoms with Crippen LogP contribution in [-0.2, 0) is 11.2 Å². The zero-order valence-corrected chi connectivity index (χ0v) is 18.8. The van der Waals surface area contributed by atoms with E-state index in [1.165, 1.54) is 6.07 Å². The van der Waals surface area contributed by atoms with E-state index in [2.05, 4.69) is 15.1 Å². The highest BCUT2D eigenvalue weighted by molar-refractivity contribution is 6.31. The SMILES string of the molecule is CCNC(=NCCc1c(F)cccc1Cl)N1CCN(C(C)C(=O)N2CCCC2)CC1. The van der Waals surface area contributed by atoms with Crippen molar-refractivity contribution < 1.29 is 9.18 Å². The van der Waals surface area contributed by atoms with Crippen molar-refractivity contribution in [3.8, 4) is 0 Å². The molecular formula is C22H33ClFN5O. The Bertz CT molecular complexity index is 725. The van der Waals surface area contributed by atoms with E-state index in [1.807, 2.05) is 18.7 Å². The summed E-state index contributed by atoms with van der Waals surface area (Å²) in [6.45, 7) is 10.3. The number of likely N-dealkylation sites (tertiary alicyclic amines) is 1. The summed E-state index contributed by atoms with van der Waals surface area (Å²) in [5.41, 5.74) is 0.512. The number of carbonyl (C=O) groups excluding carboxylic acids is 1. The molecule has 3 rings (SSSR count). The van der Waals surface area contributed by atoms with Gasteiger partial charge < -0.3 is 15.1 Å². The van der Waals surface area contributed by atoms with Crippen molar-refractivity contribution in [2.24, 2.45) is 4.99 Å². The molecular weight excluding hydrogens is 405 g/mol. The fraction of sp³-hybridized carbons (Fsp3) is 0.636. The number of amides is 1. The summed E-state index contributed by atoms with van der Waals surface area (Å²) in [5.74, 6) is 0.805. The van der Waals surface area contributed by atoms with Crippen LogP contribution in [0.5, 0.6) is 0 Å². The third-order valence-electron chi connectivity index (χ3n) is 5.96. The summed E-state index contributed by atoms with van der Waals surface area (Å²) in [6, 6.07) is 4.68. The summed E-state index contributed by atoms with van der Waals surface area (Å²) in [7, 11) is 0. The molecule has 2 aliphatic heterocycles. The number of rotatable bonds is 6. The minimum absolute atomic E-state index is 0.0760. The lowest BCUT2D eigenvalue weighted by Crippen LogP contribution is -2.57. The van der Waals surface area contributed by atoms with Crippen molar-refractivity contribution in [1.82, 2.24) is 20.0 Å². The second-order valence-electron chi connectivity index (χ2n) is 7.92. The second kappa shape index (κ2) is 11.0. The highest BCUT2D eigenvalue weighted by atomic mass is 35.5. The molecule has 2 heterocycles. The molecule has 1 atom stereocenters. The first kappa shape index (κ1) is 22.8. The summed E-state index contributed by atoms with van der Waals surface area (Å²) >= 11 is 6.12. The number of nitrogens with one attached hydrogen (secondary N) is 1. The Morgan fingerprint density at radius 2 is 1.87 bits per heavy atom. The predicted octanol–water partition coefficient (Wildman–Crippen LogP) is 2.62. The Labute approximate surface area is 184 Å². The molecule has 2 aliphatic rings. The lowest BCUT2D eigenvalue weighted by molar-refractivity contribution is -0.135. The van der Waals surface area contributed by atoms with Crippen LogP contribution < -0.4 is 5.32 Å². The van der Waals surface area contributed by atoms with Crippen LogP contribution in [0.1, 0.15) is 32.3 Å². The molecule has 2 saturated heterocycles. The van der Waals surface area contributed by atoms with Crippen LogP contribution in [0.25, 0.3) is 0 Å². The Hall–Kier alpha value is -1.86. The molecule has 0 bridgehead atoms. The summed E-state index contributed by atoms with van der Waals surface area (Å²) in [4.78, 5) is 23.9. The number of piperazine rings is 1. The molecule has 0 aromatic heterocycles. The first-order chi connectivity index (χ1) is 14.5. The van der Waals surface area contributed by atoms with Gasteiger partial charge in [-0.05, 0) is 45.2 Å². The fourth-order valence-electron chi connectivity index (χ4n) is 4.15. The van der Waals surface area contributed by atoms with Gasteiger partial charge in [-0.15, -0.1) is 0 Å². The Morgan fingerprint density at radius 1 is 1.17 bits per heavy atom. The lowest BCUT2D eigenvalue weighted by Gasteiger charge is -2.39. The third kappa shape index (κ3) is 5.64. The Balaban J connectivity index is 1.54. The van der Waals surface area contributed by atoms with Crippen LogP contribution in [0.2, 0.25) is 5.02 Å². The van der Waals surface area contributed by atoms with E-state index in [0.29, 0.717) is 23.6 Å². The van der Waals surface area contributed by atoms with Crippen LogP contribution in [-0.4, -0.2) is 85.0 Å². The third-order valence-corrected chi connectivity index (χ3v) is 6.31. The normalized spacial score (nSPS) is 19.3. The number of guanidine groups is 1. The molecule has 1 aromatic rings. The van der Waals surface area contributed by atoms with E-state index in [9.17, 15) is 9.18 Å². The Kier molecular flexibility index (Phi) is 8.33. The first-order valence-corrected chi connectivity index (χ1v) is 11.4. The van der Waals surface area contributed by atoms with Crippen molar-refractivity contribution in [1.29, 1.82) is 0 Å². The van der Waals surface area contributed by atoms with Gasteiger partial charge in [0.15, 0.2) is 5.96 Å². The smallest absolute Gasteiger partial charge is 0.239 e. The van der Waals surface area contributed by atoms with E-state index < -0.39 is 0 Å². The van der Waals surface area contributed by atoms with Crippen molar-refractivity contribution in [2.45, 2.75) is 39.2 Å². The van der Waals surface area contributed by atoms with Gasteiger partial charge in [0.1, 0.15) is 5.82 Å². The standard InChI is InChI=1S/C22H33ClFN5O/c1-3-25-22(26-10-9-18-19(23)7-6-8-20(18)24)29-15-13-27(14-16-29)17(2)21(30)28-11-4-5-12-28/h6-8,17H,3-5,9-16H2,1-2H3,(H,25,26). The number of hydrogen-bond acceptors (Lipinski definition) is 3. The van der Waals surface area contributed by atoms with Crippen molar-refractivity contribution in [2.75, 3.05) is 52.4 Å².